The molecule has 1 aliphatic carbocycles. The molecule has 0 atom stereocenters. The Labute approximate surface area is 126 Å². The standard InChI is InChI=1S/C18H24N2O/c1-13-7-5-6-10-15(13)17-16(21-20-18(17)19)12-11-14-8-3-2-4-9-14/h5-7,10,14H,2-4,8-9,11-12H2,1H3,(H2,19,20). The summed E-state index contributed by atoms with van der Waals surface area (Å²) < 4.78 is 5.52. The van der Waals surface area contributed by atoms with Gasteiger partial charge in [0.15, 0.2) is 5.82 Å². The predicted octanol–water partition coefficient (Wildman–Crippen LogP) is 4.75. The van der Waals surface area contributed by atoms with E-state index in [1.54, 1.807) is 0 Å². The molecule has 0 saturated heterocycles. The maximum atomic E-state index is 6.05. The molecule has 1 saturated carbocycles. The molecule has 112 valence electrons. The number of rotatable bonds is 4. The first-order chi connectivity index (χ1) is 10.3. The summed E-state index contributed by atoms with van der Waals surface area (Å²) in [6.07, 6.45) is 9.03. The molecule has 1 heterocycles. The first-order valence-electron chi connectivity index (χ1n) is 8.05. The average Bonchev–Trinajstić information content (AvgIpc) is 2.88. The average molecular weight is 284 g/mol. The van der Waals surface area contributed by atoms with Gasteiger partial charge in [0.05, 0.1) is 5.56 Å². The van der Waals surface area contributed by atoms with Crippen LogP contribution in [0.15, 0.2) is 28.8 Å². The second-order valence-corrected chi connectivity index (χ2v) is 6.22. The van der Waals surface area contributed by atoms with Gasteiger partial charge in [0, 0.05) is 6.42 Å². The Hall–Kier alpha value is -1.77. The molecule has 2 aromatic rings. The van der Waals surface area contributed by atoms with Crippen LogP contribution in [0.25, 0.3) is 11.1 Å². The molecule has 0 radical (unpaired) electrons. The lowest BCUT2D eigenvalue weighted by Crippen LogP contribution is -2.07. The number of nitrogen functional groups attached to an aromatic ring is 1. The number of nitrogens with zero attached hydrogens (tertiary/aromatic N) is 1. The van der Waals surface area contributed by atoms with Crippen LogP contribution < -0.4 is 5.73 Å². The maximum Gasteiger partial charge on any atom is 0.175 e. The molecule has 0 aliphatic heterocycles. The van der Waals surface area contributed by atoms with Gasteiger partial charge >= 0.3 is 0 Å². The van der Waals surface area contributed by atoms with Gasteiger partial charge < -0.3 is 10.3 Å². The molecular formula is C18H24N2O. The van der Waals surface area contributed by atoms with E-state index in [4.69, 9.17) is 10.3 Å². The van der Waals surface area contributed by atoms with E-state index in [2.05, 4.69) is 24.2 Å². The Balaban J connectivity index is 1.79. The number of anilines is 1. The largest absolute Gasteiger partial charge is 0.380 e. The third kappa shape index (κ3) is 3.12. The second kappa shape index (κ2) is 6.33. The molecule has 1 fully saturated rings. The summed E-state index contributed by atoms with van der Waals surface area (Å²) in [5.74, 6) is 2.31. The van der Waals surface area contributed by atoms with Crippen LogP contribution in [-0.2, 0) is 6.42 Å². The number of aromatic nitrogens is 1. The second-order valence-electron chi connectivity index (χ2n) is 6.22. The van der Waals surface area contributed by atoms with Crippen molar-refractivity contribution < 1.29 is 4.52 Å². The third-order valence-electron chi connectivity index (χ3n) is 4.71. The minimum atomic E-state index is 0.517. The summed E-state index contributed by atoms with van der Waals surface area (Å²) in [5, 5.41) is 4.00. The first kappa shape index (κ1) is 14.2. The van der Waals surface area contributed by atoms with Crippen LogP contribution in [0.2, 0.25) is 0 Å². The van der Waals surface area contributed by atoms with E-state index in [9.17, 15) is 0 Å². The van der Waals surface area contributed by atoms with Crippen molar-refractivity contribution >= 4 is 5.82 Å². The van der Waals surface area contributed by atoms with Gasteiger partial charge in [-0.1, -0.05) is 61.5 Å². The molecule has 3 heteroatoms. The van der Waals surface area contributed by atoms with Gasteiger partial charge in [0.25, 0.3) is 0 Å². The molecule has 1 aliphatic rings. The fourth-order valence-corrected chi connectivity index (χ4v) is 3.46. The van der Waals surface area contributed by atoms with Gasteiger partial charge in [-0.25, -0.2) is 0 Å². The van der Waals surface area contributed by atoms with E-state index in [1.807, 2.05) is 12.1 Å². The topological polar surface area (TPSA) is 52.0 Å². The minimum absolute atomic E-state index is 0.517. The van der Waals surface area contributed by atoms with Crippen molar-refractivity contribution in [2.24, 2.45) is 5.92 Å². The maximum absolute atomic E-state index is 6.05. The van der Waals surface area contributed by atoms with Gasteiger partial charge in [0.1, 0.15) is 5.76 Å². The number of benzene rings is 1. The fraction of sp³-hybridized carbons (Fsp3) is 0.500. The van der Waals surface area contributed by atoms with Gasteiger partial charge in [-0.15, -0.1) is 0 Å². The van der Waals surface area contributed by atoms with Crippen molar-refractivity contribution in [3.05, 3.63) is 35.6 Å². The SMILES string of the molecule is Cc1ccccc1-c1c(N)noc1CCC1CCCCC1. The molecule has 3 nitrogen and oxygen atoms in total. The van der Waals surface area contributed by atoms with E-state index in [-0.39, 0.29) is 0 Å². The van der Waals surface area contributed by atoms with Crippen LogP contribution in [0, 0.1) is 12.8 Å². The van der Waals surface area contributed by atoms with E-state index >= 15 is 0 Å². The van der Waals surface area contributed by atoms with Gasteiger partial charge in [-0.3, -0.25) is 0 Å². The van der Waals surface area contributed by atoms with E-state index < -0.39 is 0 Å². The number of hydrogen-bond acceptors (Lipinski definition) is 3. The Morgan fingerprint density at radius 1 is 1.19 bits per heavy atom. The van der Waals surface area contributed by atoms with Crippen molar-refractivity contribution in [1.82, 2.24) is 5.16 Å². The Morgan fingerprint density at radius 2 is 1.95 bits per heavy atom. The van der Waals surface area contributed by atoms with E-state index in [1.165, 1.54) is 44.1 Å². The molecule has 0 spiro atoms. The Morgan fingerprint density at radius 3 is 2.71 bits per heavy atom. The molecule has 2 N–H and O–H groups in total. The molecule has 3 rings (SSSR count). The lowest BCUT2D eigenvalue weighted by atomic mass is 9.85. The van der Waals surface area contributed by atoms with Crippen LogP contribution in [0.3, 0.4) is 0 Å². The highest BCUT2D eigenvalue weighted by Crippen LogP contribution is 2.34. The summed E-state index contributed by atoms with van der Waals surface area (Å²) in [5.41, 5.74) is 9.41. The normalized spacial score (nSPS) is 16.2. The van der Waals surface area contributed by atoms with Crippen LogP contribution in [-0.4, -0.2) is 5.16 Å². The molecule has 1 aromatic carbocycles. The van der Waals surface area contributed by atoms with Crippen molar-refractivity contribution in [2.75, 3.05) is 5.73 Å². The Bertz CT molecular complexity index is 597. The minimum Gasteiger partial charge on any atom is -0.380 e. The van der Waals surface area contributed by atoms with E-state index in [0.29, 0.717) is 5.82 Å². The van der Waals surface area contributed by atoms with Gasteiger partial charge in [-0.2, -0.15) is 0 Å². The predicted molar refractivity (Wildman–Crippen MR) is 86.0 cm³/mol. The molecular weight excluding hydrogens is 260 g/mol. The highest BCUT2D eigenvalue weighted by molar-refractivity contribution is 5.77. The van der Waals surface area contributed by atoms with E-state index in [0.717, 1.165) is 29.2 Å². The smallest absolute Gasteiger partial charge is 0.175 e. The fourth-order valence-electron chi connectivity index (χ4n) is 3.46. The summed E-state index contributed by atoms with van der Waals surface area (Å²) in [6, 6.07) is 8.29. The lowest BCUT2D eigenvalue weighted by Gasteiger charge is -2.20. The van der Waals surface area contributed by atoms with Gasteiger partial charge in [-0.05, 0) is 30.4 Å². The zero-order valence-corrected chi connectivity index (χ0v) is 12.8. The summed E-state index contributed by atoms with van der Waals surface area (Å²) in [4.78, 5) is 0. The van der Waals surface area contributed by atoms with Crippen LogP contribution in [0.5, 0.6) is 0 Å². The molecule has 21 heavy (non-hydrogen) atoms. The number of hydrogen-bond donors (Lipinski definition) is 1. The highest BCUT2D eigenvalue weighted by atomic mass is 16.5. The van der Waals surface area contributed by atoms with Gasteiger partial charge in [0.2, 0.25) is 0 Å². The summed E-state index contributed by atoms with van der Waals surface area (Å²) in [7, 11) is 0. The molecule has 0 unspecified atom stereocenters. The van der Waals surface area contributed by atoms with Crippen molar-refractivity contribution in [3.63, 3.8) is 0 Å². The lowest BCUT2D eigenvalue weighted by molar-refractivity contribution is 0.318. The number of aryl methyl sites for hydroxylation is 2. The first-order valence-corrected chi connectivity index (χ1v) is 8.05. The summed E-state index contributed by atoms with van der Waals surface area (Å²) in [6.45, 7) is 2.10. The quantitative estimate of drug-likeness (QED) is 0.881. The van der Waals surface area contributed by atoms with Crippen molar-refractivity contribution in [1.29, 1.82) is 0 Å². The monoisotopic (exact) mass is 284 g/mol. The molecule has 1 aromatic heterocycles. The third-order valence-corrected chi connectivity index (χ3v) is 4.71. The van der Waals surface area contributed by atoms with Crippen LogP contribution in [0.1, 0.15) is 49.8 Å². The number of nitrogens with two attached hydrogens (primary N) is 1. The van der Waals surface area contributed by atoms with Crippen LogP contribution >= 0.6 is 0 Å². The van der Waals surface area contributed by atoms with Crippen LogP contribution in [0.4, 0.5) is 5.82 Å². The highest BCUT2D eigenvalue weighted by Gasteiger charge is 2.19. The Kier molecular flexibility index (Phi) is 4.28. The summed E-state index contributed by atoms with van der Waals surface area (Å²) >= 11 is 0. The molecule has 0 bridgehead atoms. The van der Waals surface area contributed by atoms with Crippen molar-refractivity contribution in [2.45, 2.75) is 51.9 Å². The molecule has 0 amide bonds. The zero-order chi connectivity index (χ0) is 14.7. The van der Waals surface area contributed by atoms with Crippen molar-refractivity contribution in [3.8, 4) is 11.1 Å². The zero-order valence-electron chi connectivity index (χ0n) is 12.8.